The monoisotopic (exact) mass is 440 g/mol. The van der Waals surface area contributed by atoms with Crippen molar-refractivity contribution in [2.24, 2.45) is 0 Å². The standard InChI is InChI=1S/C27H28N4S/c1-21-22(2)31(20-25-16-10-5-11-17-25)29-26(21)28-27(32)30(18-23-12-6-3-7-13-23)19-24-14-8-4-9-15-24/h3-17H,18-20H2,1-2H3,(H,28,29,32). The number of rotatable bonds is 7. The van der Waals surface area contributed by atoms with Gasteiger partial charge in [0.25, 0.3) is 0 Å². The van der Waals surface area contributed by atoms with Gasteiger partial charge in [-0.05, 0) is 42.8 Å². The van der Waals surface area contributed by atoms with Gasteiger partial charge in [-0.1, -0.05) is 91.0 Å². The second-order valence-corrected chi connectivity index (χ2v) is 8.35. The highest BCUT2D eigenvalue weighted by Crippen LogP contribution is 2.20. The third-order valence-electron chi connectivity index (χ3n) is 5.63. The van der Waals surface area contributed by atoms with E-state index in [9.17, 15) is 0 Å². The van der Waals surface area contributed by atoms with Crippen LogP contribution < -0.4 is 5.32 Å². The molecule has 0 aliphatic carbocycles. The lowest BCUT2D eigenvalue weighted by Crippen LogP contribution is -2.34. The Morgan fingerprint density at radius 1 is 0.781 bits per heavy atom. The molecule has 1 aromatic heterocycles. The summed E-state index contributed by atoms with van der Waals surface area (Å²) in [5, 5.41) is 8.93. The van der Waals surface area contributed by atoms with Crippen molar-refractivity contribution in [2.75, 3.05) is 5.32 Å². The van der Waals surface area contributed by atoms with Gasteiger partial charge in [0.2, 0.25) is 0 Å². The first-order chi connectivity index (χ1) is 15.6. The summed E-state index contributed by atoms with van der Waals surface area (Å²) in [6.45, 7) is 6.38. The molecular formula is C27H28N4S. The van der Waals surface area contributed by atoms with Crippen molar-refractivity contribution in [1.29, 1.82) is 0 Å². The molecule has 0 fully saturated rings. The molecule has 0 aliphatic heterocycles. The zero-order chi connectivity index (χ0) is 22.3. The molecule has 0 saturated heterocycles. The van der Waals surface area contributed by atoms with Crippen molar-refractivity contribution in [3.63, 3.8) is 0 Å². The minimum atomic E-state index is 0.671. The molecule has 0 aliphatic rings. The van der Waals surface area contributed by atoms with Crippen LogP contribution in [0.4, 0.5) is 5.82 Å². The SMILES string of the molecule is Cc1c(NC(=S)N(Cc2ccccc2)Cc2ccccc2)nn(Cc2ccccc2)c1C. The molecule has 5 heteroatoms. The van der Waals surface area contributed by atoms with Crippen LogP contribution in [-0.2, 0) is 19.6 Å². The Bertz CT molecular complexity index is 1110. The summed E-state index contributed by atoms with van der Waals surface area (Å²) in [5.74, 6) is 0.814. The molecule has 0 bridgehead atoms. The Balaban J connectivity index is 1.54. The molecule has 1 N–H and O–H groups in total. The first-order valence-electron chi connectivity index (χ1n) is 10.8. The fourth-order valence-electron chi connectivity index (χ4n) is 3.65. The summed E-state index contributed by atoms with van der Waals surface area (Å²) in [4.78, 5) is 2.19. The summed E-state index contributed by atoms with van der Waals surface area (Å²) in [6, 6.07) is 31.2. The largest absolute Gasteiger partial charge is 0.340 e. The van der Waals surface area contributed by atoms with Crippen molar-refractivity contribution < 1.29 is 0 Å². The van der Waals surface area contributed by atoms with E-state index >= 15 is 0 Å². The predicted molar refractivity (Wildman–Crippen MR) is 136 cm³/mol. The van der Waals surface area contributed by atoms with Gasteiger partial charge in [0.1, 0.15) is 0 Å². The molecule has 32 heavy (non-hydrogen) atoms. The first-order valence-corrected chi connectivity index (χ1v) is 11.2. The molecule has 0 unspecified atom stereocenters. The van der Waals surface area contributed by atoms with Crippen LogP contribution in [0.2, 0.25) is 0 Å². The highest BCUT2D eigenvalue weighted by atomic mass is 32.1. The Hall–Kier alpha value is -3.44. The zero-order valence-electron chi connectivity index (χ0n) is 18.5. The molecule has 4 rings (SSSR count). The second-order valence-electron chi connectivity index (χ2n) is 7.96. The number of hydrogen-bond donors (Lipinski definition) is 1. The normalized spacial score (nSPS) is 10.7. The maximum atomic E-state index is 5.86. The van der Waals surface area contributed by atoms with Crippen molar-refractivity contribution in [1.82, 2.24) is 14.7 Å². The second kappa shape index (κ2) is 10.2. The molecule has 0 atom stereocenters. The van der Waals surface area contributed by atoms with Gasteiger partial charge < -0.3 is 10.2 Å². The predicted octanol–water partition coefficient (Wildman–Crippen LogP) is 5.95. The average Bonchev–Trinajstić information content (AvgIpc) is 3.08. The van der Waals surface area contributed by atoms with E-state index < -0.39 is 0 Å². The Morgan fingerprint density at radius 2 is 1.25 bits per heavy atom. The molecule has 1 heterocycles. The van der Waals surface area contributed by atoms with Crippen LogP contribution in [0.3, 0.4) is 0 Å². The average molecular weight is 441 g/mol. The minimum Gasteiger partial charge on any atom is -0.340 e. The van der Waals surface area contributed by atoms with Crippen LogP contribution in [0, 0.1) is 13.8 Å². The molecule has 4 nitrogen and oxygen atoms in total. The van der Waals surface area contributed by atoms with Gasteiger partial charge in [0, 0.05) is 24.3 Å². The maximum Gasteiger partial charge on any atom is 0.175 e. The lowest BCUT2D eigenvalue weighted by atomic mass is 10.2. The van der Waals surface area contributed by atoms with Crippen LogP contribution in [0.25, 0.3) is 0 Å². The maximum absolute atomic E-state index is 5.86. The van der Waals surface area contributed by atoms with Crippen molar-refractivity contribution in [2.45, 2.75) is 33.5 Å². The summed E-state index contributed by atoms with van der Waals surface area (Å²) in [6.07, 6.45) is 0. The van der Waals surface area contributed by atoms with E-state index in [1.165, 1.54) is 16.7 Å². The van der Waals surface area contributed by atoms with E-state index in [0.717, 1.165) is 36.7 Å². The molecule has 4 aromatic rings. The Morgan fingerprint density at radius 3 is 1.75 bits per heavy atom. The smallest absolute Gasteiger partial charge is 0.175 e. The third kappa shape index (κ3) is 5.42. The number of anilines is 1. The van der Waals surface area contributed by atoms with Gasteiger partial charge in [-0.25, -0.2) is 0 Å². The van der Waals surface area contributed by atoms with E-state index in [-0.39, 0.29) is 0 Å². The third-order valence-corrected chi connectivity index (χ3v) is 5.99. The number of aromatic nitrogens is 2. The molecule has 0 radical (unpaired) electrons. The van der Waals surface area contributed by atoms with Gasteiger partial charge in [-0.2, -0.15) is 5.10 Å². The number of hydrogen-bond acceptors (Lipinski definition) is 2. The quantitative estimate of drug-likeness (QED) is 0.360. The van der Waals surface area contributed by atoms with Crippen molar-refractivity contribution >= 4 is 23.1 Å². The fourth-order valence-corrected chi connectivity index (χ4v) is 3.88. The lowest BCUT2D eigenvalue weighted by Gasteiger charge is -2.26. The van der Waals surface area contributed by atoms with E-state index in [1.54, 1.807) is 0 Å². The van der Waals surface area contributed by atoms with E-state index in [0.29, 0.717) is 5.11 Å². The van der Waals surface area contributed by atoms with Crippen LogP contribution in [0.5, 0.6) is 0 Å². The molecule has 0 amide bonds. The highest BCUT2D eigenvalue weighted by Gasteiger charge is 2.16. The molecular weight excluding hydrogens is 412 g/mol. The Labute approximate surface area is 195 Å². The minimum absolute atomic E-state index is 0.671. The summed E-state index contributed by atoms with van der Waals surface area (Å²) in [7, 11) is 0. The van der Waals surface area contributed by atoms with Gasteiger partial charge in [-0.3, -0.25) is 4.68 Å². The Kier molecular flexibility index (Phi) is 6.97. The van der Waals surface area contributed by atoms with Crippen molar-refractivity contribution in [3.8, 4) is 0 Å². The topological polar surface area (TPSA) is 33.1 Å². The number of benzene rings is 3. The zero-order valence-corrected chi connectivity index (χ0v) is 19.3. The molecule has 0 saturated carbocycles. The summed E-state index contributed by atoms with van der Waals surface area (Å²) >= 11 is 5.86. The van der Waals surface area contributed by atoms with Gasteiger partial charge in [0.05, 0.1) is 6.54 Å². The summed E-state index contributed by atoms with van der Waals surface area (Å²) in [5.41, 5.74) is 5.91. The fraction of sp³-hybridized carbons (Fsp3) is 0.185. The summed E-state index contributed by atoms with van der Waals surface area (Å²) < 4.78 is 2.04. The highest BCUT2D eigenvalue weighted by molar-refractivity contribution is 7.80. The molecule has 162 valence electrons. The molecule has 0 spiro atoms. The number of nitrogens with one attached hydrogen (secondary N) is 1. The van der Waals surface area contributed by atoms with Crippen LogP contribution >= 0.6 is 12.2 Å². The molecule has 3 aromatic carbocycles. The van der Waals surface area contributed by atoms with Crippen LogP contribution in [-0.4, -0.2) is 19.8 Å². The number of thiocarbonyl (C=S) groups is 1. The van der Waals surface area contributed by atoms with Crippen molar-refractivity contribution in [3.05, 3.63) is 119 Å². The van der Waals surface area contributed by atoms with E-state index in [2.05, 4.69) is 96.9 Å². The first kappa shape index (κ1) is 21.8. The van der Waals surface area contributed by atoms with Crippen LogP contribution in [0.1, 0.15) is 27.9 Å². The van der Waals surface area contributed by atoms with E-state index in [4.69, 9.17) is 17.3 Å². The number of nitrogens with zero attached hydrogens (tertiary/aromatic N) is 3. The van der Waals surface area contributed by atoms with E-state index in [1.807, 2.05) is 22.9 Å². The lowest BCUT2D eigenvalue weighted by molar-refractivity contribution is 0.412. The van der Waals surface area contributed by atoms with Gasteiger partial charge in [-0.15, -0.1) is 0 Å². The van der Waals surface area contributed by atoms with Crippen LogP contribution in [0.15, 0.2) is 91.0 Å². The van der Waals surface area contributed by atoms with Gasteiger partial charge in [0.15, 0.2) is 10.9 Å². The van der Waals surface area contributed by atoms with Gasteiger partial charge >= 0.3 is 0 Å².